The van der Waals surface area contributed by atoms with Crippen LogP contribution < -0.4 is 10.2 Å². The molecule has 0 spiro atoms. The van der Waals surface area contributed by atoms with Gasteiger partial charge in [0.15, 0.2) is 0 Å². The third-order valence-corrected chi connectivity index (χ3v) is 2.85. The first kappa shape index (κ1) is 12.8. The minimum Gasteiger partial charge on any atom is -0.366 e. The van der Waals surface area contributed by atoms with Gasteiger partial charge >= 0.3 is 0 Å². The van der Waals surface area contributed by atoms with Crippen LogP contribution in [0, 0.1) is 11.8 Å². The Bertz CT molecular complexity index is 319. The Balaban J connectivity index is 2.74. The van der Waals surface area contributed by atoms with Crippen molar-refractivity contribution >= 4 is 11.6 Å². The van der Waals surface area contributed by atoms with Crippen LogP contribution in [0.2, 0.25) is 0 Å². The van der Waals surface area contributed by atoms with E-state index >= 15 is 0 Å². The molecule has 4 nitrogen and oxygen atoms in total. The van der Waals surface area contributed by atoms with E-state index < -0.39 is 0 Å². The van der Waals surface area contributed by atoms with Crippen LogP contribution in [0.5, 0.6) is 0 Å². The third-order valence-electron chi connectivity index (χ3n) is 2.85. The molecule has 1 aromatic rings. The van der Waals surface area contributed by atoms with Crippen molar-refractivity contribution in [1.82, 2.24) is 10.3 Å². The van der Waals surface area contributed by atoms with Crippen molar-refractivity contribution in [2.45, 2.75) is 13.8 Å². The number of carbonyl (C=O) groups excluding carboxylic acids is 1. The summed E-state index contributed by atoms with van der Waals surface area (Å²) in [5.41, 5.74) is 0.909. The topological polar surface area (TPSA) is 48.1 Å². The van der Waals surface area contributed by atoms with E-state index in [0.29, 0.717) is 12.5 Å². The number of carbonyl (C=O) groups is 1. The molecule has 0 aliphatic heterocycles. The highest BCUT2D eigenvalue weighted by Gasteiger charge is 2.25. The summed E-state index contributed by atoms with van der Waals surface area (Å²) in [5.74, 6) is 0.509. The number of rotatable bonds is 5. The number of aromatic amines is 1. The average molecular weight is 223 g/mol. The van der Waals surface area contributed by atoms with Gasteiger partial charge in [0.25, 0.3) is 0 Å². The van der Waals surface area contributed by atoms with Crippen molar-refractivity contribution in [3.63, 3.8) is 0 Å². The number of nitrogens with zero attached hydrogens (tertiary/aromatic N) is 1. The Morgan fingerprint density at radius 1 is 1.56 bits per heavy atom. The van der Waals surface area contributed by atoms with E-state index in [-0.39, 0.29) is 11.8 Å². The lowest BCUT2D eigenvalue weighted by atomic mass is 9.94. The lowest BCUT2D eigenvalue weighted by molar-refractivity contribution is -0.123. The lowest BCUT2D eigenvalue weighted by Crippen LogP contribution is -2.40. The molecule has 16 heavy (non-hydrogen) atoms. The molecule has 0 bridgehead atoms. The van der Waals surface area contributed by atoms with Crippen molar-refractivity contribution in [2.75, 3.05) is 25.5 Å². The highest BCUT2D eigenvalue weighted by Crippen LogP contribution is 2.18. The maximum atomic E-state index is 12.2. The number of H-pyrrole nitrogens is 1. The first-order valence-corrected chi connectivity index (χ1v) is 5.63. The number of hydrogen-bond donors (Lipinski definition) is 2. The molecule has 0 aromatic carbocycles. The highest BCUT2D eigenvalue weighted by atomic mass is 16.2. The molecule has 90 valence electrons. The largest absolute Gasteiger partial charge is 0.366 e. The van der Waals surface area contributed by atoms with Crippen molar-refractivity contribution in [1.29, 1.82) is 0 Å². The van der Waals surface area contributed by atoms with E-state index in [0.717, 1.165) is 5.69 Å². The molecule has 1 unspecified atom stereocenters. The predicted molar refractivity (Wildman–Crippen MR) is 66.5 cm³/mol. The van der Waals surface area contributed by atoms with Crippen LogP contribution in [-0.4, -0.2) is 31.5 Å². The van der Waals surface area contributed by atoms with Crippen LogP contribution in [0.4, 0.5) is 5.69 Å². The van der Waals surface area contributed by atoms with Gasteiger partial charge in [-0.3, -0.25) is 4.79 Å². The number of anilines is 1. The molecule has 2 N–H and O–H groups in total. The molecule has 1 atom stereocenters. The molecular weight excluding hydrogens is 202 g/mol. The fourth-order valence-corrected chi connectivity index (χ4v) is 1.73. The molecule has 1 amide bonds. The lowest BCUT2D eigenvalue weighted by Gasteiger charge is -2.25. The molecule has 0 saturated carbocycles. The quantitative estimate of drug-likeness (QED) is 0.794. The van der Waals surface area contributed by atoms with E-state index in [4.69, 9.17) is 0 Å². The van der Waals surface area contributed by atoms with Gasteiger partial charge in [-0.2, -0.15) is 0 Å². The van der Waals surface area contributed by atoms with Crippen molar-refractivity contribution in [2.24, 2.45) is 11.8 Å². The zero-order valence-corrected chi connectivity index (χ0v) is 10.4. The maximum absolute atomic E-state index is 12.2. The predicted octanol–water partition coefficient (Wildman–Crippen LogP) is 1.47. The van der Waals surface area contributed by atoms with Gasteiger partial charge in [-0.15, -0.1) is 0 Å². The molecule has 1 rings (SSSR count). The van der Waals surface area contributed by atoms with Crippen LogP contribution in [0.3, 0.4) is 0 Å². The SMILES string of the molecule is CNCC(C(=O)N(C)c1cc[nH]c1)C(C)C. The summed E-state index contributed by atoms with van der Waals surface area (Å²) < 4.78 is 0. The minimum atomic E-state index is 0.0184. The molecule has 0 aliphatic rings. The second-order valence-electron chi connectivity index (χ2n) is 4.37. The molecular formula is C12H21N3O. The smallest absolute Gasteiger partial charge is 0.231 e. The monoisotopic (exact) mass is 223 g/mol. The summed E-state index contributed by atoms with van der Waals surface area (Å²) in [7, 11) is 3.69. The summed E-state index contributed by atoms with van der Waals surface area (Å²) in [6.45, 7) is 4.86. The molecule has 4 heteroatoms. The third kappa shape index (κ3) is 2.85. The Labute approximate surface area is 97.0 Å². The van der Waals surface area contributed by atoms with Gasteiger partial charge in [0.05, 0.1) is 11.6 Å². The summed E-state index contributed by atoms with van der Waals surface area (Å²) in [6.07, 6.45) is 3.65. The zero-order chi connectivity index (χ0) is 12.1. The summed E-state index contributed by atoms with van der Waals surface area (Å²) in [6, 6.07) is 1.90. The summed E-state index contributed by atoms with van der Waals surface area (Å²) in [5, 5.41) is 3.07. The second kappa shape index (κ2) is 5.70. The number of hydrogen-bond acceptors (Lipinski definition) is 2. The van der Waals surface area contributed by atoms with E-state index in [2.05, 4.69) is 24.1 Å². The van der Waals surface area contributed by atoms with Crippen molar-refractivity contribution < 1.29 is 4.79 Å². The van der Waals surface area contributed by atoms with Gasteiger partial charge in [-0.25, -0.2) is 0 Å². The van der Waals surface area contributed by atoms with Gasteiger partial charge in [-0.1, -0.05) is 13.8 Å². The average Bonchev–Trinajstić information content (AvgIpc) is 2.76. The molecule has 0 saturated heterocycles. The Morgan fingerprint density at radius 2 is 2.25 bits per heavy atom. The molecule has 1 aromatic heterocycles. The van der Waals surface area contributed by atoms with E-state index in [1.165, 1.54) is 0 Å². The second-order valence-corrected chi connectivity index (χ2v) is 4.37. The van der Waals surface area contributed by atoms with E-state index in [1.807, 2.05) is 32.6 Å². The number of aromatic nitrogens is 1. The van der Waals surface area contributed by atoms with Gasteiger partial charge in [-0.05, 0) is 19.0 Å². The molecule has 0 radical (unpaired) electrons. The Morgan fingerprint density at radius 3 is 2.69 bits per heavy atom. The van der Waals surface area contributed by atoms with Crippen LogP contribution in [0.1, 0.15) is 13.8 Å². The number of amides is 1. The zero-order valence-electron chi connectivity index (χ0n) is 10.4. The fourth-order valence-electron chi connectivity index (χ4n) is 1.73. The van der Waals surface area contributed by atoms with Crippen molar-refractivity contribution in [3.05, 3.63) is 18.5 Å². The first-order valence-electron chi connectivity index (χ1n) is 5.63. The van der Waals surface area contributed by atoms with Gasteiger partial charge in [0.1, 0.15) is 0 Å². The Kier molecular flexibility index (Phi) is 4.55. The molecule has 0 aliphatic carbocycles. The normalized spacial score (nSPS) is 12.8. The van der Waals surface area contributed by atoms with E-state index in [9.17, 15) is 4.79 Å². The maximum Gasteiger partial charge on any atom is 0.231 e. The minimum absolute atomic E-state index is 0.0184. The van der Waals surface area contributed by atoms with E-state index in [1.54, 1.807) is 4.90 Å². The van der Waals surface area contributed by atoms with Gasteiger partial charge in [0.2, 0.25) is 5.91 Å². The first-order chi connectivity index (χ1) is 7.57. The molecule has 0 fully saturated rings. The van der Waals surface area contributed by atoms with Gasteiger partial charge in [0, 0.05) is 26.0 Å². The fraction of sp³-hybridized carbons (Fsp3) is 0.583. The van der Waals surface area contributed by atoms with Crippen LogP contribution in [-0.2, 0) is 4.79 Å². The van der Waals surface area contributed by atoms with Crippen LogP contribution in [0.15, 0.2) is 18.5 Å². The highest BCUT2D eigenvalue weighted by molar-refractivity contribution is 5.94. The summed E-state index contributed by atoms with van der Waals surface area (Å²) >= 11 is 0. The summed E-state index contributed by atoms with van der Waals surface area (Å²) in [4.78, 5) is 16.9. The van der Waals surface area contributed by atoms with Crippen LogP contribution >= 0.6 is 0 Å². The standard InChI is InChI=1S/C12H21N3O/c1-9(2)11(8-13-3)12(16)15(4)10-5-6-14-7-10/h5-7,9,11,13-14H,8H2,1-4H3. The Hall–Kier alpha value is -1.29. The van der Waals surface area contributed by atoms with Gasteiger partial charge < -0.3 is 15.2 Å². The van der Waals surface area contributed by atoms with Crippen LogP contribution in [0.25, 0.3) is 0 Å². The number of nitrogens with one attached hydrogen (secondary N) is 2. The van der Waals surface area contributed by atoms with Crippen molar-refractivity contribution in [3.8, 4) is 0 Å². The molecule has 1 heterocycles.